The number of nitrogens with zero attached hydrogens (tertiary/aromatic N) is 1. The van der Waals surface area contributed by atoms with Crippen LogP contribution in [0.2, 0.25) is 5.02 Å². The molecule has 1 aromatic rings. The van der Waals surface area contributed by atoms with Crippen LogP contribution >= 0.6 is 23.8 Å². The van der Waals surface area contributed by atoms with E-state index < -0.39 is 0 Å². The lowest BCUT2D eigenvalue weighted by molar-refractivity contribution is -0.121. The van der Waals surface area contributed by atoms with Crippen LogP contribution in [-0.4, -0.2) is 35.6 Å². The van der Waals surface area contributed by atoms with Crippen LogP contribution in [0.25, 0.3) is 0 Å². The Kier molecular flexibility index (Phi) is 5.61. The van der Waals surface area contributed by atoms with Crippen LogP contribution in [0.1, 0.15) is 19.3 Å². The monoisotopic (exact) mass is 312 g/mol. The van der Waals surface area contributed by atoms with Crippen molar-refractivity contribution in [3.8, 4) is 5.75 Å². The fourth-order valence-electron chi connectivity index (χ4n) is 2.04. The number of hydrogen-bond donors (Lipinski definition) is 1. The Morgan fingerprint density at radius 2 is 2.00 bits per heavy atom. The number of benzene rings is 1. The van der Waals surface area contributed by atoms with Gasteiger partial charge in [0.15, 0.2) is 11.7 Å². The summed E-state index contributed by atoms with van der Waals surface area (Å²) in [5, 5.41) is 3.66. The standard InChI is InChI=1S/C14H17ClN2O2S/c15-11-6-2-3-7-12(11)19-10-13(18)16-14(20)17-8-4-1-5-9-17/h2-3,6-7H,1,4-5,8-10H2,(H,16,18,20). The Bertz CT molecular complexity index is 490. The fourth-order valence-corrected chi connectivity index (χ4v) is 2.52. The summed E-state index contributed by atoms with van der Waals surface area (Å²) >= 11 is 11.2. The van der Waals surface area contributed by atoms with E-state index >= 15 is 0 Å². The first-order valence-corrected chi connectivity index (χ1v) is 7.41. The number of carbonyl (C=O) groups excluding carboxylic acids is 1. The lowest BCUT2D eigenvalue weighted by atomic mass is 10.1. The molecule has 2 rings (SSSR count). The van der Waals surface area contributed by atoms with Gasteiger partial charge >= 0.3 is 0 Å². The van der Waals surface area contributed by atoms with Crippen LogP contribution in [0, 0.1) is 0 Å². The molecule has 4 nitrogen and oxygen atoms in total. The molecule has 108 valence electrons. The number of rotatable bonds is 3. The molecule has 0 radical (unpaired) electrons. The van der Waals surface area contributed by atoms with E-state index in [2.05, 4.69) is 5.32 Å². The molecule has 0 atom stereocenters. The lowest BCUT2D eigenvalue weighted by Crippen LogP contribution is -2.46. The number of piperidine rings is 1. The van der Waals surface area contributed by atoms with Gasteiger partial charge in [-0.1, -0.05) is 23.7 Å². The van der Waals surface area contributed by atoms with E-state index in [1.165, 1.54) is 6.42 Å². The van der Waals surface area contributed by atoms with Crippen molar-refractivity contribution in [2.75, 3.05) is 19.7 Å². The Balaban J connectivity index is 1.77. The van der Waals surface area contributed by atoms with Gasteiger partial charge in [0.2, 0.25) is 0 Å². The van der Waals surface area contributed by atoms with Gasteiger partial charge in [0.05, 0.1) is 5.02 Å². The number of nitrogens with one attached hydrogen (secondary N) is 1. The predicted molar refractivity (Wildman–Crippen MR) is 83.1 cm³/mol. The largest absolute Gasteiger partial charge is 0.482 e. The first-order chi connectivity index (χ1) is 9.66. The molecule has 0 aliphatic carbocycles. The van der Waals surface area contributed by atoms with Crippen LogP contribution in [0.5, 0.6) is 5.75 Å². The van der Waals surface area contributed by atoms with E-state index in [0.29, 0.717) is 15.9 Å². The van der Waals surface area contributed by atoms with Crippen LogP contribution < -0.4 is 10.1 Å². The molecule has 0 bridgehead atoms. The average molecular weight is 313 g/mol. The van der Waals surface area contributed by atoms with Crippen LogP contribution in [0.15, 0.2) is 24.3 Å². The summed E-state index contributed by atoms with van der Waals surface area (Å²) in [6.45, 7) is 1.71. The third-order valence-electron chi connectivity index (χ3n) is 3.09. The third-order valence-corrected chi connectivity index (χ3v) is 3.76. The van der Waals surface area contributed by atoms with E-state index in [4.69, 9.17) is 28.6 Å². The Labute approximate surface area is 129 Å². The molecule has 0 aromatic heterocycles. The molecule has 1 aliphatic heterocycles. The summed E-state index contributed by atoms with van der Waals surface area (Å²) in [5.41, 5.74) is 0. The van der Waals surface area contributed by atoms with Gasteiger partial charge in [0.25, 0.3) is 5.91 Å². The Hall–Kier alpha value is -1.33. The van der Waals surface area contributed by atoms with Crippen LogP contribution in [0.3, 0.4) is 0 Å². The van der Waals surface area contributed by atoms with Crippen LogP contribution in [-0.2, 0) is 4.79 Å². The molecule has 1 saturated heterocycles. The lowest BCUT2D eigenvalue weighted by Gasteiger charge is -2.28. The number of thiocarbonyl (C=S) groups is 1. The predicted octanol–water partition coefficient (Wildman–Crippen LogP) is 2.61. The average Bonchev–Trinajstić information content (AvgIpc) is 2.47. The summed E-state index contributed by atoms with van der Waals surface area (Å²) in [7, 11) is 0. The van der Waals surface area contributed by atoms with E-state index in [1.807, 2.05) is 4.90 Å². The van der Waals surface area contributed by atoms with Crippen molar-refractivity contribution in [2.24, 2.45) is 0 Å². The molecule has 0 saturated carbocycles. The highest BCUT2D eigenvalue weighted by atomic mass is 35.5. The minimum absolute atomic E-state index is 0.0995. The summed E-state index contributed by atoms with van der Waals surface area (Å²) < 4.78 is 5.36. The van der Waals surface area contributed by atoms with E-state index in [-0.39, 0.29) is 12.5 Å². The van der Waals surface area contributed by atoms with Gasteiger partial charge < -0.3 is 15.0 Å². The topological polar surface area (TPSA) is 41.6 Å². The zero-order valence-corrected chi connectivity index (χ0v) is 12.7. The van der Waals surface area contributed by atoms with Crippen molar-refractivity contribution in [2.45, 2.75) is 19.3 Å². The number of para-hydroxylation sites is 1. The van der Waals surface area contributed by atoms with E-state index in [0.717, 1.165) is 25.9 Å². The minimum Gasteiger partial charge on any atom is -0.482 e. The molecular weight excluding hydrogens is 296 g/mol. The number of carbonyl (C=O) groups is 1. The highest BCUT2D eigenvalue weighted by Gasteiger charge is 2.15. The van der Waals surface area contributed by atoms with Crippen molar-refractivity contribution in [3.05, 3.63) is 29.3 Å². The van der Waals surface area contributed by atoms with Crippen molar-refractivity contribution in [1.82, 2.24) is 10.2 Å². The van der Waals surface area contributed by atoms with Crippen molar-refractivity contribution >= 4 is 34.8 Å². The zero-order chi connectivity index (χ0) is 14.4. The maximum absolute atomic E-state index is 11.8. The van der Waals surface area contributed by atoms with Gasteiger partial charge in [0, 0.05) is 13.1 Å². The Morgan fingerprint density at radius 3 is 2.70 bits per heavy atom. The maximum Gasteiger partial charge on any atom is 0.264 e. The fraction of sp³-hybridized carbons (Fsp3) is 0.429. The molecule has 20 heavy (non-hydrogen) atoms. The molecule has 1 amide bonds. The number of hydrogen-bond acceptors (Lipinski definition) is 3. The van der Waals surface area contributed by atoms with Crippen LogP contribution in [0.4, 0.5) is 0 Å². The van der Waals surface area contributed by atoms with Crippen molar-refractivity contribution < 1.29 is 9.53 Å². The van der Waals surface area contributed by atoms with Gasteiger partial charge in [-0.2, -0.15) is 0 Å². The minimum atomic E-state index is -0.263. The van der Waals surface area contributed by atoms with Gasteiger partial charge in [-0.15, -0.1) is 0 Å². The van der Waals surface area contributed by atoms with Gasteiger partial charge in [-0.3, -0.25) is 4.79 Å². The second kappa shape index (κ2) is 7.45. The first-order valence-electron chi connectivity index (χ1n) is 6.63. The summed E-state index contributed by atoms with van der Waals surface area (Å²) in [4.78, 5) is 13.8. The van der Waals surface area contributed by atoms with Gasteiger partial charge in [-0.05, 0) is 43.6 Å². The molecule has 1 fully saturated rings. The second-order valence-electron chi connectivity index (χ2n) is 4.62. The molecule has 0 spiro atoms. The highest BCUT2D eigenvalue weighted by Crippen LogP contribution is 2.22. The maximum atomic E-state index is 11.8. The third kappa shape index (κ3) is 4.35. The van der Waals surface area contributed by atoms with Gasteiger partial charge in [-0.25, -0.2) is 0 Å². The molecule has 6 heteroatoms. The van der Waals surface area contributed by atoms with Crippen molar-refractivity contribution in [1.29, 1.82) is 0 Å². The first kappa shape index (κ1) is 15.1. The molecule has 1 aliphatic rings. The SMILES string of the molecule is O=C(COc1ccccc1Cl)NC(=S)N1CCCCC1. The number of amides is 1. The van der Waals surface area contributed by atoms with Crippen molar-refractivity contribution in [3.63, 3.8) is 0 Å². The normalized spacial score (nSPS) is 14.8. The summed E-state index contributed by atoms with van der Waals surface area (Å²) in [5.74, 6) is 0.230. The van der Waals surface area contributed by atoms with E-state index in [9.17, 15) is 4.79 Å². The summed E-state index contributed by atoms with van der Waals surface area (Å²) in [6.07, 6.45) is 3.46. The van der Waals surface area contributed by atoms with E-state index in [1.54, 1.807) is 24.3 Å². The number of ether oxygens (including phenoxy) is 1. The molecule has 0 unspecified atom stereocenters. The molecule has 1 N–H and O–H groups in total. The Morgan fingerprint density at radius 1 is 1.30 bits per heavy atom. The number of likely N-dealkylation sites (tertiary alicyclic amines) is 1. The molecule has 1 heterocycles. The zero-order valence-electron chi connectivity index (χ0n) is 11.1. The van der Waals surface area contributed by atoms with Gasteiger partial charge in [0.1, 0.15) is 5.75 Å². The highest BCUT2D eigenvalue weighted by molar-refractivity contribution is 7.80. The molecular formula is C14H17ClN2O2S. The quantitative estimate of drug-likeness (QED) is 0.871. The second-order valence-corrected chi connectivity index (χ2v) is 5.41. The number of halogens is 1. The smallest absolute Gasteiger partial charge is 0.264 e. The summed E-state index contributed by atoms with van der Waals surface area (Å²) in [6, 6.07) is 7.05. The molecule has 1 aromatic carbocycles.